The number of benzene rings is 1. The van der Waals surface area contributed by atoms with Gasteiger partial charge in [-0.25, -0.2) is 4.79 Å². The van der Waals surface area contributed by atoms with Crippen molar-refractivity contribution in [1.82, 2.24) is 15.5 Å². The minimum Gasteiger partial charge on any atom is -0.354 e. The molecule has 7 nitrogen and oxygen atoms in total. The summed E-state index contributed by atoms with van der Waals surface area (Å²) in [6.45, 7) is 1.90. The smallest absolute Gasteiger partial charge is 0.325 e. The van der Waals surface area contributed by atoms with Crippen LogP contribution in [0.4, 0.5) is 4.79 Å². The first-order valence-electron chi connectivity index (χ1n) is 8.35. The highest BCUT2D eigenvalue weighted by Crippen LogP contribution is 2.29. The molecule has 1 aliphatic heterocycles. The average Bonchev–Trinajstić information content (AvgIpc) is 2.78. The maximum absolute atomic E-state index is 12.7. The molecule has 1 saturated heterocycles. The fourth-order valence-corrected chi connectivity index (χ4v) is 3.07. The van der Waals surface area contributed by atoms with Crippen LogP contribution in [0, 0.1) is 17.2 Å². The SMILES string of the molecule is CC1(c2ccc(C#N)cc2)NC(=O)N(CC(=O)NCC2CCC2)C1=O. The lowest BCUT2D eigenvalue weighted by atomic mass is 9.85. The molecule has 4 amide bonds. The number of carbonyl (C=O) groups is 3. The first-order valence-corrected chi connectivity index (χ1v) is 8.35. The van der Waals surface area contributed by atoms with Crippen LogP contribution in [0.25, 0.3) is 0 Å². The molecule has 0 aromatic heterocycles. The Kier molecular flexibility index (Phi) is 4.45. The van der Waals surface area contributed by atoms with Gasteiger partial charge in [0.05, 0.1) is 11.6 Å². The normalized spacial score (nSPS) is 23.0. The fourth-order valence-electron chi connectivity index (χ4n) is 3.07. The standard InChI is InChI=1S/C18H20N4O3/c1-18(14-7-5-12(9-19)6-8-14)16(24)22(17(25)21-18)11-15(23)20-10-13-3-2-4-13/h5-8,13H,2-4,10-11H2,1H3,(H,20,23)(H,21,25). The van der Waals surface area contributed by atoms with Gasteiger partial charge in [0.1, 0.15) is 12.1 Å². The minimum absolute atomic E-state index is 0.288. The van der Waals surface area contributed by atoms with E-state index in [2.05, 4.69) is 10.6 Å². The Labute approximate surface area is 146 Å². The molecule has 0 spiro atoms. The minimum atomic E-state index is -1.24. The molecule has 2 aliphatic rings. The van der Waals surface area contributed by atoms with Crippen LogP contribution in [0.3, 0.4) is 0 Å². The quantitative estimate of drug-likeness (QED) is 0.787. The van der Waals surface area contributed by atoms with Crippen molar-refractivity contribution in [3.63, 3.8) is 0 Å². The molecule has 7 heteroatoms. The number of nitrogens with zero attached hydrogens (tertiary/aromatic N) is 2. The predicted molar refractivity (Wildman–Crippen MR) is 89.1 cm³/mol. The van der Waals surface area contributed by atoms with E-state index in [0.29, 0.717) is 23.6 Å². The van der Waals surface area contributed by atoms with Crippen LogP contribution in [0.2, 0.25) is 0 Å². The second-order valence-electron chi connectivity index (χ2n) is 6.74. The summed E-state index contributed by atoms with van der Waals surface area (Å²) in [5.74, 6) is -0.295. The van der Waals surface area contributed by atoms with Crippen LogP contribution in [0.1, 0.15) is 37.3 Å². The number of hydrogen-bond acceptors (Lipinski definition) is 4. The number of hydrogen-bond donors (Lipinski definition) is 2. The van der Waals surface area contributed by atoms with Crippen molar-refractivity contribution < 1.29 is 14.4 Å². The number of rotatable bonds is 5. The van der Waals surface area contributed by atoms with Crippen LogP contribution >= 0.6 is 0 Å². The van der Waals surface area contributed by atoms with Crippen LogP contribution in [0.15, 0.2) is 24.3 Å². The van der Waals surface area contributed by atoms with E-state index in [9.17, 15) is 14.4 Å². The Morgan fingerprint density at radius 1 is 1.36 bits per heavy atom. The van der Waals surface area contributed by atoms with Crippen molar-refractivity contribution in [3.05, 3.63) is 35.4 Å². The lowest BCUT2D eigenvalue weighted by Gasteiger charge is -2.25. The Morgan fingerprint density at radius 2 is 2.04 bits per heavy atom. The van der Waals surface area contributed by atoms with Crippen molar-refractivity contribution in [2.45, 2.75) is 31.7 Å². The molecule has 1 aliphatic carbocycles. The third-order valence-corrected chi connectivity index (χ3v) is 4.98. The maximum Gasteiger partial charge on any atom is 0.325 e. The van der Waals surface area contributed by atoms with Gasteiger partial charge in [-0.2, -0.15) is 5.26 Å². The molecule has 3 rings (SSSR count). The molecule has 1 aromatic rings. The van der Waals surface area contributed by atoms with Crippen LogP contribution in [0.5, 0.6) is 0 Å². The van der Waals surface area contributed by atoms with Crippen molar-refractivity contribution >= 4 is 17.8 Å². The molecule has 1 heterocycles. The zero-order chi connectivity index (χ0) is 18.0. The summed E-state index contributed by atoms with van der Waals surface area (Å²) in [5.41, 5.74) is -0.196. The molecule has 130 valence electrons. The molecule has 1 atom stereocenters. The summed E-state index contributed by atoms with van der Waals surface area (Å²) < 4.78 is 0. The number of nitriles is 1. The van der Waals surface area contributed by atoms with Gasteiger partial charge in [0.25, 0.3) is 5.91 Å². The van der Waals surface area contributed by atoms with Gasteiger partial charge in [0, 0.05) is 6.54 Å². The first-order chi connectivity index (χ1) is 11.9. The Balaban J connectivity index is 1.68. The molecule has 2 N–H and O–H groups in total. The van der Waals surface area contributed by atoms with Crippen LogP contribution in [-0.4, -0.2) is 35.8 Å². The third-order valence-electron chi connectivity index (χ3n) is 4.98. The van der Waals surface area contributed by atoms with E-state index >= 15 is 0 Å². The number of urea groups is 1. The van der Waals surface area contributed by atoms with E-state index in [1.54, 1.807) is 31.2 Å². The van der Waals surface area contributed by atoms with Gasteiger partial charge in [0.2, 0.25) is 5.91 Å². The second kappa shape index (κ2) is 6.55. The van der Waals surface area contributed by atoms with E-state index in [1.807, 2.05) is 6.07 Å². The summed E-state index contributed by atoms with van der Waals surface area (Å²) in [6.07, 6.45) is 3.41. The molecular formula is C18H20N4O3. The van der Waals surface area contributed by atoms with E-state index in [4.69, 9.17) is 5.26 Å². The number of carbonyl (C=O) groups excluding carboxylic acids is 3. The van der Waals surface area contributed by atoms with Gasteiger partial charge in [-0.05, 0) is 43.4 Å². The Bertz CT molecular complexity index is 749. The monoisotopic (exact) mass is 340 g/mol. The summed E-state index contributed by atoms with van der Waals surface area (Å²) in [5, 5.41) is 14.3. The van der Waals surface area contributed by atoms with Gasteiger partial charge < -0.3 is 10.6 Å². The number of nitrogens with one attached hydrogen (secondary N) is 2. The van der Waals surface area contributed by atoms with Gasteiger partial charge in [-0.3, -0.25) is 14.5 Å². The second-order valence-corrected chi connectivity index (χ2v) is 6.74. The van der Waals surface area contributed by atoms with Crippen molar-refractivity contribution in [3.8, 4) is 6.07 Å². The topological polar surface area (TPSA) is 102 Å². The molecule has 1 unspecified atom stereocenters. The van der Waals surface area contributed by atoms with E-state index in [1.165, 1.54) is 6.42 Å². The van der Waals surface area contributed by atoms with Gasteiger partial charge in [0.15, 0.2) is 0 Å². The Hall–Kier alpha value is -2.88. The Morgan fingerprint density at radius 3 is 2.60 bits per heavy atom. The van der Waals surface area contributed by atoms with Crippen molar-refractivity contribution in [2.24, 2.45) is 5.92 Å². The van der Waals surface area contributed by atoms with Gasteiger partial charge in [-0.15, -0.1) is 0 Å². The molecule has 25 heavy (non-hydrogen) atoms. The largest absolute Gasteiger partial charge is 0.354 e. The highest BCUT2D eigenvalue weighted by atomic mass is 16.2. The average molecular weight is 340 g/mol. The summed E-state index contributed by atoms with van der Waals surface area (Å²) in [6, 6.07) is 7.88. The fraction of sp³-hybridized carbons (Fsp3) is 0.444. The van der Waals surface area contributed by atoms with E-state index in [0.717, 1.165) is 17.7 Å². The molecule has 0 radical (unpaired) electrons. The van der Waals surface area contributed by atoms with Crippen LogP contribution < -0.4 is 10.6 Å². The summed E-state index contributed by atoms with van der Waals surface area (Å²) in [7, 11) is 0. The molecular weight excluding hydrogens is 320 g/mol. The van der Waals surface area contributed by atoms with Crippen molar-refractivity contribution in [1.29, 1.82) is 5.26 Å². The molecule has 2 fully saturated rings. The summed E-state index contributed by atoms with van der Waals surface area (Å²) >= 11 is 0. The predicted octanol–water partition coefficient (Wildman–Crippen LogP) is 1.24. The molecule has 1 saturated carbocycles. The van der Waals surface area contributed by atoms with Gasteiger partial charge >= 0.3 is 6.03 Å². The van der Waals surface area contributed by atoms with Crippen molar-refractivity contribution in [2.75, 3.05) is 13.1 Å². The summed E-state index contributed by atoms with van der Waals surface area (Å²) in [4.78, 5) is 37.9. The lowest BCUT2D eigenvalue weighted by molar-refractivity contribution is -0.134. The van der Waals surface area contributed by atoms with E-state index in [-0.39, 0.29) is 12.5 Å². The molecule has 1 aromatic carbocycles. The van der Waals surface area contributed by atoms with Crippen LogP contribution in [-0.2, 0) is 15.1 Å². The first kappa shape index (κ1) is 17.0. The lowest BCUT2D eigenvalue weighted by Crippen LogP contribution is -2.44. The third kappa shape index (κ3) is 3.20. The number of imide groups is 1. The number of amides is 4. The van der Waals surface area contributed by atoms with Gasteiger partial charge in [-0.1, -0.05) is 18.6 Å². The van der Waals surface area contributed by atoms with E-state index < -0.39 is 17.5 Å². The molecule has 0 bridgehead atoms. The highest BCUT2D eigenvalue weighted by Gasteiger charge is 2.49. The highest BCUT2D eigenvalue weighted by molar-refractivity contribution is 6.09. The zero-order valence-corrected chi connectivity index (χ0v) is 14.0. The zero-order valence-electron chi connectivity index (χ0n) is 14.0. The maximum atomic E-state index is 12.7.